The summed E-state index contributed by atoms with van der Waals surface area (Å²) in [4.78, 5) is 19.4. The van der Waals surface area contributed by atoms with Crippen molar-refractivity contribution >= 4 is 47.4 Å². The summed E-state index contributed by atoms with van der Waals surface area (Å²) in [7, 11) is -5.30. The minimum atomic E-state index is -3.33. The van der Waals surface area contributed by atoms with Crippen molar-refractivity contribution in [3.63, 3.8) is 0 Å². The maximum absolute atomic E-state index is 11.4. The number of benzene rings is 2. The number of carbonyl (C=O) groups excluding carboxylic acids is 1. The molecular weight excluding hydrogens is 544 g/mol. The predicted octanol–water partition coefficient (Wildman–Crippen LogP) is 3.35. The molecule has 3 heterocycles. The van der Waals surface area contributed by atoms with Crippen LogP contribution in [-0.2, 0) is 35.8 Å². The van der Waals surface area contributed by atoms with Crippen LogP contribution in [0.3, 0.4) is 0 Å². The number of carbonyl (C=O) groups is 1. The molecule has 2 aromatic heterocycles. The third-order valence-corrected chi connectivity index (χ3v) is 7.56. The van der Waals surface area contributed by atoms with E-state index >= 15 is 0 Å². The summed E-state index contributed by atoms with van der Waals surface area (Å²) in [6.45, 7) is 1.96. The van der Waals surface area contributed by atoms with E-state index in [-0.39, 0.29) is 16.7 Å². The number of hydrogen-bond donors (Lipinski definition) is 1. The number of sulfone groups is 2. The van der Waals surface area contributed by atoms with Gasteiger partial charge in [0.2, 0.25) is 0 Å². The molecule has 0 spiro atoms. The van der Waals surface area contributed by atoms with E-state index in [1.807, 2.05) is 0 Å². The fourth-order valence-electron chi connectivity index (χ4n) is 3.53. The van der Waals surface area contributed by atoms with Crippen LogP contribution in [0.2, 0.25) is 0 Å². The van der Waals surface area contributed by atoms with Crippen LogP contribution in [0.15, 0.2) is 70.7 Å². The highest BCUT2D eigenvalue weighted by Gasteiger charge is 2.12. The zero-order chi connectivity index (χ0) is 28.6. The fraction of sp³-hybridized carbons (Fsp3) is 0.296. The van der Waals surface area contributed by atoms with Gasteiger partial charge in [0.1, 0.15) is 0 Å². The van der Waals surface area contributed by atoms with Crippen LogP contribution in [0.1, 0.15) is 28.8 Å². The number of hydrogen-bond acceptors (Lipinski definition) is 10. The Kier molecular flexibility index (Phi) is 10.1. The molecule has 208 valence electrons. The topological polar surface area (TPSA) is 150 Å². The summed E-state index contributed by atoms with van der Waals surface area (Å²) in [6, 6.07) is 16.2. The Labute approximate surface area is 227 Å². The van der Waals surface area contributed by atoms with Crippen LogP contribution in [0.5, 0.6) is 0 Å². The van der Waals surface area contributed by atoms with Crippen molar-refractivity contribution in [2.45, 2.75) is 29.5 Å². The lowest BCUT2D eigenvalue weighted by molar-refractivity contribution is 0.0601. The first kappa shape index (κ1) is 30.1. The van der Waals surface area contributed by atoms with Crippen LogP contribution in [0.25, 0.3) is 21.8 Å². The molecular formula is C27H30N2O8S2. The van der Waals surface area contributed by atoms with Crippen molar-refractivity contribution in [2.75, 3.05) is 32.8 Å². The monoisotopic (exact) mass is 574 g/mol. The van der Waals surface area contributed by atoms with Gasteiger partial charge in [-0.15, -0.1) is 0 Å². The number of fused-ring (bicyclic) bond motifs is 2. The molecule has 0 amide bonds. The summed E-state index contributed by atoms with van der Waals surface area (Å²) < 4.78 is 54.9. The van der Waals surface area contributed by atoms with E-state index in [1.165, 1.54) is 32.1 Å². The molecule has 4 aromatic rings. The summed E-state index contributed by atoms with van der Waals surface area (Å²) in [5, 5.41) is 10.5. The predicted molar refractivity (Wildman–Crippen MR) is 147 cm³/mol. The number of nitrogens with zero attached hydrogens (tertiary/aromatic N) is 2. The number of esters is 1. The first-order valence-corrected chi connectivity index (χ1v) is 15.7. The number of methoxy groups -OCH3 is 1. The molecule has 1 saturated heterocycles. The molecule has 0 radical (unpaired) electrons. The van der Waals surface area contributed by atoms with Crippen LogP contribution < -0.4 is 0 Å². The molecule has 1 N–H and O–H groups in total. The van der Waals surface area contributed by atoms with Gasteiger partial charge in [0, 0.05) is 36.5 Å². The Bertz CT molecular complexity index is 1680. The Morgan fingerprint density at radius 1 is 0.821 bits per heavy atom. The minimum absolute atomic E-state index is 0.0146. The lowest BCUT2D eigenvalue weighted by atomic mass is 10.1. The van der Waals surface area contributed by atoms with Gasteiger partial charge in [-0.1, -0.05) is 6.07 Å². The normalized spacial score (nSPS) is 13.2. The van der Waals surface area contributed by atoms with Crippen molar-refractivity contribution in [3.05, 3.63) is 71.8 Å². The zero-order valence-corrected chi connectivity index (χ0v) is 23.5. The van der Waals surface area contributed by atoms with Gasteiger partial charge in [-0.3, -0.25) is 0 Å². The largest absolute Gasteiger partial charge is 0.465 e. The SMILES string of the molecule is C1CCOC1.COC(=O)c1ccc2nc(S(C)(=O)=O)ccc2c1.CS(=O)(=O)c1ccc2cc(CO)ccc2n1. The molecule has 1 aliphatic rings. The second kappa shape index (κ2) is 13.1. The van der Waals surface area contributed by atoms with Crippen molar-refractivity contribution in [1.29, 1.82) is 0 Å². The molecule has 1 fully saturated rings. The van der Waals surface area contributed by atoms with E-state index < -0.39 is 25.6 Å². The Morgan fingerprint density at radius 2 is 1.33 bits per heavy atom. The maximum Gasteiger partial charge on any atom is 0.337 e. The van der Waals surface area contributed by atoms with E-state index in [2.05, 4.69) is 14.7 Å². The number of aliphatic hydroxyl groups is 1. The Balaban J connectivity index is 0.000000184. The summed E-state index contributed by atoms with van der Waals surface area (Å²) >= 11 is 0. The van der Waals surface area contributed by atoms with Crippen LogP contribution in [0.4, 0.5) is 0 Å². The van der Waals surface area contributed by atoms with Gasteiger partial charge in [0.15, 0.2) is 29.7 Å². The van der Waals surface area contributed by atoms with Crippen molar-refractivity contribution < 1.29 is 36.2 Å². The number of aliphatic hydroxyl groups excluding tert-OH is 1. The number of rotatable bonds is 4. The smallest absolute Gasteiger partial charge is 0.337 e. The van der Waals surface area contributed by atoms with Gasteiger partial charge in [0.05, 0.1) is 30.3 Å². The highest BCUT2D eigenvalue weighted by Crippen LogP contribution is 2.18. The van der Waals surface area contributed by atoms with Crippen molar-refractivity contribution in [3.8, 4) is 0 Å². The molecule has 39 heavy (non-hydrogen) atoms. The highest BCUT2D eigenvalue weighted by molar-refractivity contribution is 7.90. The van der Waals surface area contributed by atoms with Gasteiger partial charge >= 0.3 is 5.97 Å². The van der Waals surface area contributed by atoms with Crippen LogP contribution in [-0.4, -0.2) is 70.7 Å². The average molecular weight is 575 g/mol. The van der Waals surface area contributed by atoms with E-state index in [0.717, 1.165) is 36.7 Å². The molecule has 2 aromatic carbocycles. The van der Waals surface area contributed by atoms with Crippen molar-refractivity contribution in [1.82, 2.24) is 9.97 Å². The lowest BCUT2D eigenvalue weighted by Gasteiger charge is -2.03. The van der Waals surface area contributed by atoms with Gasteiger partial charge in [0.25, 0.3) is 0 Å². The average Bonchev–Trinajstić information content (AvgIpc) is 3.51. The molecule has 0 aliphatic carbocycles. The summed E-state index contributed by atoms with van der Waals surface area (Å²) in [5.74, 6) is -0.441. The molecule has 1 aliphatic heterocycles. The standard InChI is InChI=1S/C12H11NO4S.C11H11NO3S.C4H8O/c1-17-12(14)9-3-5-10-8(7-9)4-6-11(13-10)18(2,15)16;1-16(14,15)11-5-3-9-6-8(7-13)2-4-10(9)12-11;1-2-4-5-3-1/h3-7H,1-2H3;2-6,13H,7H2,1H3;1-4H2. The Hall–Kier alpha value is -3.45. The van der Waals surface area contributed by atoms with E-state index in [0.29, 0.717) is 22.0 Å². The number of pyridine rings is 2. The van der Waals surface area contributed by atoms with E-state index in [1.54, 1.807) is 48.5 Å². The first-order chi connectivity index (χ1) is 18.4. The van der Waals surface area contributed by atoms with Crippen molar-refractivity contribution in [2.24, 2.45) is 0 Å². The van der Waals surface area contributed by atoms with Gasteiger partial charge in [-0.05, 0) is 73.0 Å². The van der Waals surface area contributed by atoms with E-state index in [9.17, 15) is 21.6 Å². The molecule has 0 saturated carbocycles. The van der Waals surface area contributed by atoms with Crippen LogP contribution >= 0.6 is 0 Å². The molecule has 0 bridgehead atoms. The minimum Gasteiger partial charge on any atom is -0.465 e. The molecule has 0 unspecified atom stereocenters. The molecule has 10 nitrogen and oxygen atoms in total. The number of ether oxygens (including phenoxy) is 2. The van der Waals surface area contributed by atoms with Gasteiger partial charge in [-0.25, -0.2) is 31.6 Å². The fourth-order valence-corrected chi connectivity index (χ4v) is 4.69. The summed E-state index contributed by atoms with van der Waals surface area (Å²) in [6.07, 6.45) is 4.78. The maximum atomic E-state index is 11.4. The number of aromatic nitrogens is 2. The van der Waals surface area contributed by atoms with Crippen LogP contribution in [0, 0.1) is 0 Å². The molecule has 5 rings (SSSR count). The molecule has 0 atom stereocenters. The first-order valence-electron chi connectivity index (χ1n) is 11.9. The molecule has 12 heteroatoms. The third kappa shape index (κ3) is 8.52. The second-order valence-corrected chi connectivity index (χ2v) is 12.7. The highest BCUT2D eigenvalue weighted by atomic mass is 32.2. The van der Waals surface area contributed by atoms with Gasteiger partial charge in [-0.2, -0.15) is 0 Å². The third-order valence-electron chi connectivity index (χ3n) is 5.58. The second-order valence-electron chi connectivity index (χ2n) is 8.75. The summed E-state index contributed by atoms with van der Waals surface area (Å²) in [5.41, 5.74) is 2.31. The quantitative estimate of drug-likeness (QED) is 0.360. The van der Waals surface area contributed by atoms with E-state index in [4.69, 9.17) is 9.84 Å². The lowest BCUT2D eigenvalue weighted by Crippen LogP contribution is -2.02. The Morgan fingerprint density at radius 3 is 1.77 bits per heavy atom. The van der Waals surface area contributed by atoms with Gasteiger partial charge < -0.3 is 14.6 Å². The zero-order valence-electron chi connectivity index (χ0n) is 21.8.